The van der Waals surface area contributed by atoms with Gasteiger partial charge in [-0.1, -0.05) is 0 Å². The molecule has 0 saturated carbocycles. The summed E-state index contributed by atoms with van der Waals surface area (Å²) in [4.78, 5) is 14.1. The van der Waals surface area contributed by atoms with Gasteiger partial charge in [0.15, 0.2) is 0 Å². The third kappa shape index (κ3) is 3.69. The van der Waals surface area contributed by atoms with E-state index in [1.54, 1.807) is 0 Å². The number of ether oxygens (including phenoxy) is 2. The van der Waals surface area contributed by atoms with Crippen molar-refractivity contribution in [1.82, 2.24) is 9.21 Å². The number of sulfonamides is 1. The van der Waals surface area contributed by atoms with Crippen LogP contribution in [0.2, 0.25) is 0 Å². The minimum Gasteiger partial charge on any atom is -0.379 e. The first-order valence-corrected chi connectivity index (χ1v) is 9.61. The molecule has 2 aliphatic heterocycles. The molecule has 1 amide bonds. The molecule has 2 aliphatic rings. The second-order valence-electron chi connectivity index (χ2n) is 6.08. The van der Waals surface area contributed by atoms with E-state index in [4.69, 9.17) is 9.47 Å². The van der Waals surface area contributed by atoms with Crippen LogP contribution >= 0.6 is 0 Å². The third-order valence-corrected chi connectivity index (χ3v) is 6.30. The number of carbonyl (C=O) groups excluding carboxylic acids is 1. The SMILES string of the molecule is CC1COCCN1C(=O)c1cc(S(=O)(=O)N2CCOCC2)ccc1F. The van der Waals surface area contributed by atoms with Crippen LogP contribution in [-0.2, 0) is 19.5 Å². The van der Waals surface area contributed by atoms with E-state index in [-0.39, 0.29) is 29.6 Å². The molecule has 1 unspecified atom stereocenters. The molecule has 138 valence electrons. The topological polar surface area (TPSA) is 76.2 Å². The minimum atomic E-state index is -3.79. The predicted molar refractivity (Wildman–Crippen MR) is 87.3 cm³/mol. The lowest BCUT2D eigenvalue weighted by molar-refractivity contribution is 0.00333. The number of hydrogen-bond donors (Lipinski definition) is 0. The van der Waals surface area contributed by atoms with Crippen molar-refractivity contribution in [3.8, 4) is 0 Å². The molecule has 0 bridgehead atoms. The third-order valence-electron chi connectivity index (χ3n) is 4.40. The molecule has 25 heavy (non-hydrogen) atoms. The summed E-state index contributed by atoms with van der Waals surface area (Å²) in [6.07, 6.45) is 0. The van der Waals surface area contributed by atoms with Gasteiger partial charge in [-0.2, -0.15) is 4.31 Å². The molecule has 0 aliphatic carbocycles. The first kappa shape index (κ1) is 18.2. The molecule has 2 saturated heterocycles. The number of amides is 1. The fourth-order valence-electron chi connectivity index (χ4n) is 2.95. The Hall–Kier alpha value is -1.55. The first-order chi connectivity index (χ1) is 11.9. The number of halogens is 1. The van der Waals surface area contributed by atoms with E-state index >= 15 is 0 Å². The Labute approximate surface area is 146 Å². The van der Waals surface area contributed by atoms with Crippen LogP contribution in [0.15, 0.2) is 23.1 Å². The second-order valence-corrected chi connectivity index (χ2v) is 8.02. The van der Waals surface area contributed by atoms with Gasteiger partial charge >= 0.3 is 0 Å². The minimum absolute atomic E-state index is 0.0833. The Balaban J connectivity index is 1.91. The first-order valence-electron chi connectivity index (χ1n) is 8.17. The quantitative estimate of drug-likeness (QED) is 0.781. The maximum atomic E-state index is 14.2. The van der Waals surface area contributed by atoms with Crippen LogP contribution in [0.5, 0.6) is 0 Å². The van der Waals surface area contributed by atoms with Gasteiger partial charge in [-0.3, -0.25) is 4.79 Å². The molecule has 1 aromatic carbocycles. The molecule has 3 rings (SSSR count). The summed E-state index contributed by atoms with van der Waals surface area (Å²) < 4.78 is 51.4. The highest BCUT2D eigenvalue weighted by Gasteiger charge is 2.30. The number of carbonyl (C=O) groups is 1. The predicted octanol–water partition coefficient (Wildman–Crippen LogP) is 0.708. The van der Waals surface area contributed by atoms with Gasteiger partial charge in [0, 0.05) is 19.6 Å². The van der Waals surface area contributed by atoms with Crippen LogP contribution < -0.4 is 0 Å². The van der Waals surface area contributed by atoms with Gasteiger partial charge < -0.3 is 14.4 Å². The molecule has 1 atom stereocenters. The maximum absolute atomic E-state index is 14.2. The van der Waals surface area contributed by atoms with E-state index in [0.29, 0.717) is 33.0 Å². The van der Waals surface area contributed by atoms with Crippen molar-refractivity contribution in [2.24, 2.45) is 0 Å². The molecule has 7 nitrogen and oxygen atoms in total. The van der Waals surface area contributed by atoms with Gasteiger partial charge in [-0.25, -0.2) is 12.8 Å². The number of morpholine rings is 2. The highest BCUT2D eigenvalue weighted by Crippen LogP contribution is 2.22. The van der Waals surface area contributed by atoms with Crippen molar-refractivity contribution >= 4 is 15.9 Å². The zero-order valence-electron chi connectivity index (χ0n) is 14.0. The van der Waals surface area contributed by atoms with Crippen LogP contribution in [0.4, 0.5) is 4.39 Å². The lowest BCUT2D eigenvalue weighted by Crippen LogP contribution is -2.47. The summed E-state index contributed by atoms with van der Waals surface area (Å²) in [5.74, 6) is -1.25. The van der Waals surface area contributed by atoms with Gasteiger partial charge in [-0.05, 0) is 25.1 Å². The van der Waals surface area contributed by atoms with Crippen molar-refractivity contribution in [1.29, 1.82) is 0 Å². The number of nitrogens with zero attached hydrogens (tertiary/aromatic N) is 2. The van der Waals surface area contributed by atoms with Crippen LogP contribution in [0.1, 0.15) is 17.3 Å². The van der Waals surface area contributed by atoms with E-state index in [0.717, 1.165) is 12.1 Å². The van der Waals surface area contributed by atoms with Gasteiger partial charge in [-0.15, -0.1) is 0 Å². The second kappa shape index (κ2) is 7.36. The average molecular weight is 372 g/mol. The Morgan fingerprint density at radius 1 is 1.16 bits per heavy atom. The molecule has 2 heterocycles. The normalized spacial score (nSPS) is 22.8. The Kier molecular flexibility index (Phi) is 5.38. The summed E-state index contributed by atoms with van der Waals surface area (Å²) in [5.41, 5.74) is -0.233. The van der Waals surface area contributed by atoms with Crippen molar-refractivity contribution in [2.45, 2.75) is 17.9 Å². The van der Waals surface area contributed by atoms with Gasteiger partial charge in [0.25, 0.3) is 5.91 Å². The number of rotatable bonds is 3. The Morgan fingerprint density at radius 2 is 1.84 bits per heavy atom. The van der Waals surface area contributed by atoms with Crippen LogP contribution in [0.25, 0.3) is 0 Å². The molecule has 9 heteroatoms. The van der Waals surface area contributed by atoms with Crippen LogP contribution in [-0.4, -0.2) is 75.6 Å². The molecule has 2 fully saturated rings. The van der Waals surface area contributed by atoms with Crippen molar-refractivity contribution in [3.63, 3.8) is 0 Å². The molecule has 0 aromatic heterocycles. The van der Waals surface area contributed by atoms with Gasteiger partial charge in [0.1, 0.15) is 5.82 Å². The summed E-state index contributed by atoms with van der Waals surface area (Å²) >= 11 is 0. The Morgan fingerprint density at radius 3 is 2.52 bits per heavy atom. The van der Waals surface area contributed by atoms with E-state index in [2.05, 4.69) is 0 Å². The highest BCUT2D eigenvalue weighted by molar-refractivity contribution is 7.89. The zero-order chi connectivity index (χ0) is 18.0. The van der Waals surface area contributed by atoms with E-state index in [1.165, 1.54) is 15.3 Å². The van der Waals surface area contributed by atoms with E-state index in [1.807, 2.05) is 6.92 Å². The standard InChI is InChI=1S/C16H21FN2O5S/c1-12-11-24-9-6-19(12)16(20)14-10-13(2-3-15(14)17)25(21,22)18-4-7-23-8-5-18/h2-3,10,12H,4-9,11H2,1H3. The monoisotopic (exact) mass is 372 g/mol. The van der Waals surface area contributed by atoms with Crippen molar-refractivity contribution in [2.75, 3.05) is 46.1 Å². The fourth-order valence-corrected chi connectivity index (χ4v) is 4.38. The largest absolute Gasteiger partial charge is 0.379 e. The van der Waals surface area contributed by atoms with Crippen molar-refractivity contribution < 1.29 is 27.1 Å². The lowest BCUT2D eigenvalue weighted by Gasteiger charge is -2.33. The van der Waals surface area contributed by atoms with E-state index < -0.39 is 21.7 Å². The maximum Gasteiger partial charge on any atom is 0.257 e. The molecule has 0 radical (unpaired) electrons. The van der Waals surface area contributed by atoms with E-state index in [9.17, 15) is 17.6 Å². The average Bonchev–Trinajstić information content (AvgIpc) is 2.62. The highest BCUT2D eigenvalue weighted by atomic mass is 32.2. The fraction of sp³-hybridized carbons (Fsp3) is 0.562. The lowest BCUT2D eigenvalue weighted by atomic mass is 10.1. The van der Waals surface area contributed by atoms with Crippen LogP contribution in [0.3, 0.4) is 0 Å². The summed E-state index contributed by atoms with van der Waals surface area (Å²) in [6, 6.07) is 3.16. The van der Waals surface area contributed by atoms with Crippen LogP contribution in [0, 0.1) is 5.82 Å². The summed E-state index contributed by atoms with van der Waals surface area (Å²) in [7, 11) is -3.79. The summed E-state index contributed by atoms with van der Waals surface area (Å²) in [5, 5.41) is 0. The Bertz CT molecular complexity index is 749. The van der Waals surface area contributed by atoms with Gasteiger partial charge in [0.2, 0.25) is 10.0 Å². The van der Waals surface area contributed by atoms with Crippen molar-refractivity contribution in [3.05, 3.63) is 29.6 Å². The summed E-state index contributed by atoms with van der Waals surface area (Å²) in [6.45, 7) is 4.02. The molecule has 1 aromatic rings. The molecular formula is C16H21FN2O5S. The van der Waals surface area contributed by atoms with Gasteiger partial charge in [0.05, 0.1) is 42.9 Å². The molecule has 0 N–H and O–H groups in total. The smallest absolute Gasteiger partial charge is 0.257 e. The number of hydrogen-bond acceptors (Lipinski definition) is 5. The zero-order valence-corrected chi connectivity index (χ0v) is 14.8. The molecular weight excluding hydrogens is 351 g/mol. The number of benzene rings is 1. The molecule has 0 spiro atoms.